The summed E-state index contributed by atoms with van der Waals surface area (Å²) in [5.74, 6) is -2.12. The molecule has 0 saturated carbocycles. The summed E-state index contributed by atoms with van der Waals surface area (Å²) in [5, 5.41) is 8.69. The SMILES string of the molecule is Oc1cc(C(F)(F)F)c(Br)cc1F. The Labute approximate surface area is 79.1 Å². The molecule has 0 bridgehead atoms. The largest absolute Gasteiger partial charge is 0.505 e. The fraction of sp³-hybridized carbons (Fsp3) is 0.143. The van der Waals surface area contributed by atoms with E-state index in [2.05, 4.69) is 15.9 Å². The Morgan fingerprint density at radius 3 is 2.23 bits per heavy atom. The van der Waals surface area contributed by atoms with E-state index in [-0.39, 0.29) is 0 Å². The molecule has 0 saturated heterocycles. The number of alkyl halides is 3. The van der Waals surface area contributed by atoms with E-state index in [0.29, 0.717) is 12.1 Å². The third kappa shape index (κ3) is 2.12. The van der Waals surface area contributed by atoms with Crippen LogP contribution in [0.15, 0.2) is 16.6 Å². The quantitative estimate of drug-likeness (QED) is 0.708. The van der Waals surface area contributed by atoms with E-state index in [0.717, 1.165) is 0 Å². The predicted octanol–water partition coefficient (Wildman–Crippen LogP) is 3.31. The molecular formula is C7H3BrF4O. The number of benzene rings is 1. The fourth-order valence-corrected chi connectivity index (χ4v) is 1.30. The third-order valence-electron chi connectivity index (χ3n) is 1.34. The highest BCUT2D eigenvalue weighted by atomic mass is 79.9. The first-order chi connectivity index (χ1) is 5.82. The van der Waals surface area contributed by atoms with Gasteiger partial charge in [0.15, 0.2) is 11.6 Å². The number of phenols is 1. The van der Waals surface area contributed by atoms with E-state index in [1.165, 1.54) is 0 Å². The Morgan fingerprint density at radius 2 is 1.77 bits per heavy atom. The highest BCUT2D eigenvalue weighted by molar-refractivity contribution is 9.10. The van der Waals surface area contributed by atoms with E-state index in [1.54, 1.807) is 0 Å². The topological polar surface area (TPSA) is 20.2 Å². The summed E-state index contributed by atoms with van der Waals surface area (Å²) >= 11 is 2.55. The minimum Gasteiger partial charge on any atom is -0.505 e. The molecule has 0 atom stereocenters. The van der Waals surface area contributed by atoms with Gasteiger partial charge in [0, 0.05) is 4.47 Å². The van der Waals surface area contributed by atoms with Crippen LogP contribution in [0.5, 0.6) is 5.75 Å². The van der Waals surface area contributed by atoms with Gasteiger partial charge in [0.05, 0.1) is 5.56 Å². The molecule has 1 N–H and O–H groups in total. The van der Waals surface area contributed by atoms with Gasteiger partial charge >= 0.3 is 6.18 Å². The van der Waals surface area contributed by atoms with Crippen molar-refractivity contribution in [1.29, 1.82) is 0 Å². The van der Waals surface area contributed by atoms with Crippen molar-refractivity contribution in [2.45, 2.75) is 6.18 Å². The number of phenolic OH excluding ortho intramolecular Hbond substituents is 1. The van der Waals surface area contributed by atoms with Crippen LogP contribution in [0.1, 0.15) is 5.56 Å². The molecule has 0 aromatic heterocycles. The molecule has 1 aromatic carbocycles. The molecule has 72 valence electrons. The van der Waals surface area contributed by atoms with E-state index >= 15 is 0 Å². The zero-order valence-corrected chi connectivity index (χ0v) is 7.58. The standard InChI is InChI=1S/C7H3BrF4O/c8-4-2-5(9)6(13)1-3(4)7(10,11)12/h1-2,13H. The average Bonchev–Trinajstić information content (AvgIpc) is 1.94. The molecule has 6 heteroatoms. The Balaban J connectivity index is 3.32. The maximum Gasteiger partial charge on any atom is 0.417 e. The molecule has 0 spiro atoms. The molecule has 0 aliphatic carbocycles. The summed E-state index contributed by atoms with van der Waals surface area (Å²) in [6.45, 7) is 0. The zero-order valence-electron chi connectivity index (χ0n) is 5.99. The van der Waals surface area contributed by atoms with Crippen LogP contribution in [0.2, 0.25) is 0 Å². The smallest absolute Gasteiger partial charge is 0.417 e. The summed E-state index contributed by atoms with van der Waals surface area (Å²) in [6, 6.07) is 0.900. The summed E-state index contributed by atoms with van der Waals surface area (Å²) < 4.78 is 48.4. The molecule has 0 unspecified atom stereocenters. The first-order valence-corrected chi connectivity index (χ1v) is 3.87. The first kappa shape index (κ1) is 10.3. The van der Waals surface area contributed by atoms with Crippen LogP contribution in [-0.2, 0) is 6.18 Å². The van der Waals surface area contributed by atoms with Crippen molar-refractivity contribution in [3.05, 3.63) is 28.0 Å². The molecule has 0 aliphatic rings. The Hall–Kier alpha value is -0.780. The number of hydrogen-bond donors (Lipinski definition) is 1. The Morgan fingerprint density at radius 1 is 1.23 bits per heavy atom. The lowest BCUT2D eigenvalue weighted by Gasteiger charge is -2.09. The maximum atomic E-state index is 12.5. The molecule has 0 heterocycles. The predicted molar refractivity (Wildman–Crippen MR) is 40.8 cm³/mol. The van der Waals surface area contributed by atoms with Crippen molar-refractivity contribution in [2.24, 2.45) is 0 Å². The van der Waals surface area contributed by atoms with Crippen LogP contribution >= 0.6 is 15.9 Å². The van der Waals surface area contributed by atoms with Crippen LogP contribution in [-0.4, -0.2) is 5.11 Å². The summed E-state index contributed by atoms with van der Waals surface area (Å²) in [6.07, 6.45) is -4.61. The minimum atomic E-state index is -4.61. The van der Waals surface area contributed by atoms with Crippen LogP contribution in [0.25, 0.3) is 0 Å². The minimum absolute atomic E-state index is 0.333. The Kier molecular flexibility index (Phi) is 2.51. The molecule has 0 aliphatic heterocycles. The van der Waals surface area contributed by atoms with Gasteiger partial charge in [-0.15, -0.1) is 0 Å². The molecule has 1 rings (SSSR count). The number of aromatic hydroxyl groups is 1. The number of rotatable bonds is 0. The lowest BCUT2D eigenvalue weighted by atomic mass is 10.2. The van der Waals surface area contributed by atoms with Crippen molar-refractivity contribution in [1.82, 2.24) is 0 Å². The summed E-state index contributed by atoms with van der Waals surface area (Å²) in [4.78, 5) is 0. The normalized spacial score (nSPS) is 11.8. The van der Waals surface area contributed by atoms with Gasteiger partial charge in [0.2, 0.25) is 0 Å². The fourth-order valence-electron chi connectivity index (χ4n) is 0.755. The third-order valence-corrected chi connectivity index (χ3v) is 2.00. The van der Waals surface area contributed by atoms with Crippen LogP contribution in [0.4, 0.5) is 17.6 Å². The van der Waals surface area contributed by atoms with Crippen LogP contribution in [0, 0.1) is 5.82 Å². The van der Waals surface area contributed by atoms with Crippen molar-refractivity contribution >= 4 is 15.9 Å². The second-order valence-corrected chi connectivity index (χ2v) is 3.14. The van der Waals surface area contributed by atoms with E-state index in [4.69, 9.17) is 5.11 Å². The molecule has 0 amide bonds. The maximum absolute atomic E-state index is 12.5. The zero-order chi connectivity index (χ0) is 10.2. The number of hydrogen-bond acceptors (Lipinski definition) is 1. The van der Waals surface area contributed by atoms with Gasteiger partial charge in [-0.05, 0) is 12.1 Å². The van der Waals surface area contributed by atoms with Crippen LogP contribution in [0.3, 0.4) is 0 Å². The van der Waals surface area contributed by atoms with Gasteiger partial charge in [0.25, 0.3) is 0 Å². The van der Waals surface area contributed by atoms with Gasteiger partial charge in [-0.2, -0.15) is 13.2 Å². The lowest BCUT2D eigenvalue weighted by molar-refractivity contribution is -0.138. The monoisotopic (exact) mass is 258 g/mol. The van der Waals surface area contributed by atoms with Gasteiger partial charge < -0.3 is 5.11 Å². The van der Waals surface area contributed by atoms with Crippen molar-refractivity contribution < 1.29 is 22.7 Å². The van der Waals surface area contributed by atoms with E-state index in [1.807, 2.05) is 0 Å². The summed E-state index contributed by atoms with van der Waals surface area (Å²) in [5.41, 5.74) is -1.11. The van der Waals surface area contributed by atoms with Crippen molar-refractivity contribution in [3.8, 4) is 5.75 Å². The van der Waals surface area contributed by atoms with Gasteiger partial charge in [-0.3, -0.25) is 0 Å². The van der Waals surface area contributed by atoms with Gasteiger partial charge in [-0.25, -0.2) is 4.39 Å². The van der Waals surface area contributed by atoms with Gasteiger partial charge in [-0.1, -0.05) is 15.9 Å². The highest BCUT2D eigenvalue weighted by Gasteiger charge is 2.33. The molecule has 13 heavy (non-hydrogen) atoms. The Bertz CT molecular complexity index is 334. The molecule has 0 radical (unpaired) electrons. The second kappa shape index (κ2) is 3.17. The summed E-state index contributed by atoms with van der Waals surface area (Å²) in [7, 11) is 0. The lowest BCUT2D eigenvalue weighted by Crippen LogP contribution is -2.06. The molecule has 1 nitrogen and oxygen atoms in total. The van der Waals surface area contributed by atoms with E-state index < -0.39 is 27.8 Å². The van der Waals surface area contributed by atoms with Crippen molar-refractivity contribution in [3.63, 3.8) is 0 Å². The molecule has 0 fully saturated rings. The van der Waals surface area contributed by atoms with Crippen molar-refractivity contribution in [2.75, 3.05) is 0 Å². The van der Waals surface area contributed by atoms with Crippen LogP contribution < -0.4 is 0 Å². The van der Waals surface area contributed by atoms with Gasteiger partial charge in [0.1, 0.15) is 0 Å². The molecular weight excluding hydrogens is 256 g/mol. The van der Waals surface area contributed by atoms with E-state index in [9.17, 15) is 17.6 Å². The second-order valence-electron chi connectivity index (χ2n) is 2.28. The number of halogens is 5. The average molecular weight is 259 g/mol. The molecule has 1 aromatic rings. The highest BCUT2D eigenvalue weighted by Crippen LogP contribution is 2.37. The first-order valence-electron chi connectivity index (χ1n) is 3.07.